The van der Waals surface area contributed by atoms with Gasteiger partial charge in [0.1, 0.15) is 29.9 Å². The van der Waals surface area contributed by atoms with E-state index in [1.54, 1.807) is 28.7 Å². The number of nitrogens with zero attached hydrogens (tertiary/aromatic N) is 5. The molecule has 1 saturated heterocycles. The van der Waals surface area contributed by atoms with Gasteiger partial charge in [-0.2, -0.15) is 5.26 Å². The highest BCUT2D eigenvalue weighted by Gasteiger charge is 2.43. The lowest BCUT2D eigenvalue weighted by molar-refractivity contribution is -0.0371. The van der Waals surface area contributed by atoms with Crippen molar-refractivity contribution in [2.75, 3.05) is 26.3 Å². The molecular formula is C27H30FN5O4. The van der Waals surface area contributed by atoms with Crippen LogP contribution in [0.15, 0.2) is 30.7 Å². The van der Waals surface area contributed by atoms with Crippen LogP contribution in [0.4, 0.5) is 9.18 Å². The van der Waals surface area contributed by atoms with E-state index >= 15 is 0 Å². The van der Waals surface area contributed by atoms with Crippen LogP contribution in [0, 0.1) is 30.0 Å². The Labute approximate surface area is 214 Å². The second-order valence-corrected chi connectivity index (χ2v) is 9.92. The molecule has 1 unspecified atom stereocenters. The number of carbonyl (C=O) groups is 1. The average Bonchev–Trinajstić information content (AvgIpc) is 3.45. The van der Waals surface area contributed by atoms with E-state index in [0.717, 1.165) is 12.8 Å². The Balaban J connectivity index is 1.39. The third kappa shape index (κ3) is 4.96. The largest absolute Gasteiger partial charge is 0.473 e. The predicted octanol–water partition coefficient (Wildman–Crippen LogP) is 4.53. The second kappa shape index (κ2) is 9.98. The average molecular weight is 508 g/mol. The van der Waals surface area contributed by atoms with Crippen LogP contribution in [0.3, 0.4) is 0 Å². The molecule has 2 atom stereocenters. The molecule has 0 spiro atoms. The molecule has 1 amide bonds. The summed E-state index contributed by atoms with van der Waals surface area (Å²) in [5.41, 5.74) is 1.28. The second-order valence-electron chi connectivity index (χ2n) is 9.92. The molecule has 0 radical (unpaired) electrons. The summed E-state index contributed by atoms with van der Waals surface area (Å²) in [4.78, 5) is 23.2. The van der Waals surface area contributed by atoms with Gasteiger partial charge in [-0.1, -0.05) is 0 Å². The quantitative estimate of drug-likeness (QED) is 0.463. The highest BCUT2D eigenvalue weighted by molar-refractivity contribution is 5.83. The van der Waals surface area contributed by atoms with Crippen molar-refractivity contribution in [3.63, 3.8) is 0 Å². The number of hydrogen-bond acceptors (Lipinski definition) is 7. The van der Waals surface area contributed by atoms with Crippen molar-refractivity contribution in [3.05, 3.63) is 47.7 Å². The van der Waals surface area contributed by atoms with E-state index < -0.39 is 5.82 Å². The Morgan fingerprint density at radius 2 is 2.16 bits per heavy atom. The molecule has 37 heavy (non-hydrogen) atoms. The van der Waals surface area contributed by atoms with Crippen LogP contribution in [0.5, 0.6) is 5.88 Å². The number of fused-ring (bicyclic) bond motifs is 1. The number of halogens is 1. The van der Waals surface area contributed by atoms with Crippen LogP contribution >= 0.6 is 0 Å². The highest BCUT2D eigenvalue weighted by Crippen LogP contribution is 2.39. The van der Waals surface area contributed by atoms with Gasteiger partial charge in [-0.25, -0.2) is 19.2 Å². The van der Waals surface area contributed by atoms with Crippen molar-refractivity contribution in [2.45, 2.75) is 51.7 Å². The van der Waals surface area contributed by atoms with E-state index in [0.29, 0.717) is 55.3 Å². The molecule has 2 aromatic heterocycles. The topological polar surface area (TPSA) is 103 Å². The molecule has 1 aliphatic heterocycles. The molecule has 10 heteroatoms. The zero-order chi connectivity index (χ0) is 26.2. The molecule has 5 rings (SSSR count). The summed E-state index contributed by atoms with van der Waals surface area (Å²) >= 11 is 0. The van der Waals surface area contributed by atoms with E-state index in [2.05, 4.69) is 16.0 Å². The summed E-state index contributed by atoms with van der Waals surface area (Å²) in [6, 6.07) is 6.84. The molecule has 0 bridgehead atoms. The smallest absolute Gasteiger partial charge is 0.410 e. The molecule has 1 saturated carbocycles. The zero-order valence-corrected chi connectivity index (χ0v) is 21.2. The highest BCUT2D eigenvalue weighted by atomic mass is 19.1. The maximum Gasteiger partial charge on any atom is 0.410 e. The van der Waals surface area contributed by atoms with Gasteiger partial charge < -0.3 is 19.1 Å². The number of rotatable bonds is 7. The molecule has 1 aromatic carbocycles. The zero-order valence-electron chi connectivity index (χ0n) is 21.2. The number of amides is 1. The van der Waals surface area contributed by atoms with Gasteiger partial charge in [0.25, 0.3) is 0 Å². The summed E-state index contributed by atoms with van der Waals surface area (Å²) in [5, 5.41) is 10.3. The molecule has 2 fully saturated rings. The molecule has 1 aliphatic carbocycles. The lowest BCUT2D eigenvalue weighted by atomic mass is 9.98. The van der Waals surface area contributed by atoms with Gasteiger partial charge in [-0.05, 0) is 51.8 Å². The standard InChI is InChI=1S/C27H30FN5O4/c1-4-32(26(34)37-27(3)9-10-27)14-18-15-35-12-8-23(18)36-25-19-7-11-33(24(19)30-16-31-25)22-6-5-21(28)17(2)20(22)13-29/h5-7,11,16,18,23H,4,8-10,12,14-15H2,1-3H3/t18?,23-/m0/s1. The molecule has 3 aromatic rings. The van der Waals surface area contributed by atoms with E-state index in [1.807, 2.05) is 19.9 Å². The fraction of sp³-hybridized carbons (Fsp3) is 0.481. The minimum Gasteiger partial charge on any atom is -0.473 e. The SMILES string of the molecule is CCN(CC1COCC[C@@H]1Oc1ncnc2c1ccn2-c1ccc(F)c(C)c1C#N)C(=O)OC1(C)CC1. The monoisotopic (exact) mass is 507 g/mol. The van der Waals surface area contributed by atoms with Crippen molar-refractivity contribution < 1.29 is 23.4 Å². The first-order valence-electron chi connectivity index (χ1n) is 12.6. The van der Waals surface area contributed by atoms with Gasteiger partial charge in [-0.3, -0.25) is 4.57 Å². The summed E-state index contributed by atoms with van der Waals surface area (Å²) in [6.45, 7) is 7.45. The number of benzene rings is 1. The maximum atomic E-state index is 14.1. The molecule has 3 heterocycles. The first-order valence-corrected chi connectivity index (χ1v) is 12.6. The van der Waals surface area contributed by atoms with Crippen molar-refractivity contribution in [3.8, 4) is 17.6 Å². The minimum atomic E-state index is -0.433. The minimum absolute atomic E-state index is 0.0645. The fourth-order valence-corrected chi connectivity index (χ4v) is 4.65. The summed E-state index contributed by atoms with van der Waals surface area (Å²) in [7, 11) is 0. The normalized spacial score (nSPS) is 20.3. The van der Waals surface area contributed by atoms with E-state index in [1.165, 1.54) is 12.4 Å². The first-order chi connectivity index (χ1) is 17.8. The molecule has 0 N–H and O–H groups in total. The molecule has 194 valence electrons. The van der Waals surface area contributed by atoms with Crippen LogP contribution < -0.4 is 4.74 Å². The van der Waals surface area contributed by atoms with Gasteiger partial charge in [0.05, 0.1) is 29.9 Å². The number of nitriles is 1. The predicted molar refractivity (Wildman–Crippen MR) is 133 cm³/mol. The third-order valence-corrected chi connectivity index (χ3v) is 7.24. The van der Waals surface area contributed by atoms with Crippen LogP contribution in [0.2, 0.25) is 0 Å². The number of ether oxygens (including phenoxy) is 3. The van der Waals surface area contributed by atoms with Crippen LogP contribution in [-0.2, 0) is 9.47 Å². The van der Waals surface area contributed by atoms with Crippen LogP contribution in [0.25, 0.3) is 16.7 Å². The molecule has 2 aliphatic rings. The Bertz CT molecular complexity index is 1360. The van der Waals surface area contributed by atoms with Crippen molar-refractivity contribution in [1.29, 1.82) is 5.26 Å². The summed E-state index contributed by atoms with van der Waals surface area (Å²) in [6.07, 6.45) is 5.09. The van der Waals surface area contributed by atoms with Gasteiger partial charge in [-0.15, -0.1) is 0 Å². The lowest BCUT2D eigenvalue weighted by Gasteiger charge is -2.35. The van der Waals surface area contributed by atoms with E-state index in [-0.39, 0.29) is 34.8 Å². The van der Waals surface area contributed by atoms with Gasteiger partial charge in [0, 0.05) is 37.2 Å². The maximum absolute atomic E-state index is 14.1. The first kappa shape index (κ1) is 25.0. The number of hydrogen-bond donors (Lipinski definition) is 0. The Kier molecular flexibility index (Phi) is 6.73. The van der Waals surface area contributed by atoms with Crippen LogP contribution in [-0.4, -0.2) is 63.5 Å². The molecular weight excluding hydrogens is 477 g/mol. The van der Waals surface area contributed by atoms with Crippen LogP contribution in [0.1, 0.15) is 44.2 Å². The van der Waals surface area contributed by atoms with Gasteiger partial charge in [0.2, 0.25) is 5.88 Å². The number of carbonyl (C=O) groups excluding carboxylic acids is 1. The van der Waals surface area contributed by atoms with Crippen molar-refractivity contribution >= 4 is 17.1 Å². The number of aromatic nitrogens is 3. The van der Waals surface area contributed by atoms with E-state index in [4.69, 9.17) is 14.2 Å². The van der Waals surface area contributed by atoms with Crippen molar-refractivity contribution in [2.24, 2.45) is 5.92 Å². The summed E-state index contributed by atoms with van der Waals surface area (Å²) < 4.78 is 33.6. The van der Waals surface area contributed by atoms with Gasteiger partial charge >= 0.3 is 6.09 Å². The third-order valence-electron chi connectivity index (χ3n) is 7.24. The Hall–Kier alpha value is -3.71. The summed E-state index contributed by atoms with van der Waals surface area (Å²) in [5.74, 6) is -0.0865. The van der Waals surface area contributed by atoms with Crippen molar-refractivity contribution in [1.82, 2.24) is 19.4 Å². The lowest BCUT2D eigenvalue weighted by Crippen LogP contribution is -2.46. The Morgan fingerprint density at radius 1 is 1.35 bits per heavy atom. The fourth-order valence-electron chi connectivity index (χ4n) is 4.65. The van der Waals surface area contributed by atoms with E-state index in [9.17, 15) is 14.4 Å². The molecule has 9 nitrogen and oxygen atoms in total. The van der Waals surface area contributed by atoms with Gasteiger partial charge in [0.15, 0.2) is 5.65 Å². The Morgan fingerprint density at radius 3 is 2.89 bits per heavy atom.